The van der Waals surface area contributed by atoms with Gasteiger partial charge in [0, 0.05) is 6.42 Å². The van der Waals surface area contributed by atoms with Crippen LogP contribution in [0.1, 0.15) is 32.6 Å². The van der Waals surface area contributed by atoms with Crippen LogP contribution in [-0.4, -0.2) is 6.29 Å². The molecule has 0 rings (SSSR count). The summed E-state index contributed by atoms with van der Waals surface area (Å²) in [7, 11) is 0. The van der Waals surface area contributed by atoms with Crippen molar-refractivity contribution in [3.63, 3.8) is 0 Å². The number of rotatable bonds is 6. The number of hydrogen-bond donors (Lipinski definition) is 0. The van der Waals surface area contributed by atoms with Crippen LogP contribution in [0.3, 0.4) is 0 Å². The van der Waals surface area contributed by atoms with E-state index in [1.807, 2.05) is 0 Å². The van der Waals surface area contributed by atoms with Crippen LogP contribution in [-0.2, 0) is 9.47 Å². The first-order valence-electron chi connectivity index (χ1n) is 3.94. The van der Waals surface area contributed by atoms with E-state index in [0.29, 0.717) is 6.42 Å². The van der Waals surface area contributed by atoms with Crippen molar-refractivity contribution in [3.8, 4) is 12.5 Å². The van der Waals surface area contributed by atoms with Gasteiger partial charge in [-0.15, -0.1) is 0 Å². The highest BCUT2D eigenvalue weighted by atomic mass is 16.7. The molecule has 0 fully saturated rings. The number of ether oxygens (including phenoxy) is 2. The van der Waals surface area contributed by atoms with Gasteiger partial charge >= 0.3 is 0 Å². The van der Waals surface area contributed by atoms with Crippen LogP contribution in [0, 0.1) is 23.0 Å². The average Bonchev–Trinajstić information content (AvgIpc) is 2.06. The summed E-state index contributed by atoms with van der Waals surface area (Å²) >= 11 is 0. The summed E-state index contributed by atoms with van der Waals surface area (Å²) in [4.78, 5) is 0. The van der Waals surface area contributed by atoms with Gasteiger partial charge in [0.25, 0.3) is 18.8 Å². The van der Waals surface area contributed by atoms with Gasteiger partial charge in [0.15, 0.2) is 0 Å². The predicted octanol–water partition coefficient (Wildman–Crippen LogP) is 1.89. The lowest BCUT2D eigenvalue weighted by Gasteiger charge is -2.08. The summed E-state index contributed by atoms with van der Waals surface area (Å²) in [5.41, 5.74) is 0. The minimum absolute atomic E-state index is 0.592. The van der Waals surface area contributed by atoms with E-state index in [1.165, 1.54) is 12.5 Å². The summed E-state index contributed by atoms with van der Waals surface area (Å²) in [6.07, 6.45) is 5.96. The largest absolute Gasteiger partial charge is 0.384 e. The molecule has 0 aromatic carbocycles. The van der Waals surface area contributed by atoms with Gasteiger partial charge in [-0.05, 0) is 6.42 Å². The van der Waals surface area contributed by atoms with Gasteiger partial charge in [-0.1, -0.05) is 19.8 Å². The Kier molecular flexibility index (Phi) is 6.78. The van der Waals surface area contributed by atoms with Crippen LogP contribution in [0.15, 0.2) is 0 Å². The molecule has 0 heterocycles. The molecule has 0 saturated carbocycles. The summed E-state index contributed by atoms with van der Waals surface area (Å²) in [6.45, 7) is 2.07. The van der Waals surface area contributed by atoms with Crippen LogP contribution in [0.5, 0.6) is 0 Å². The van der Waals surface area contributed by atoms with Crippen molar-refractivity contribution in [2.45, 2.75) is 38.9 Å². The topological polar surface area (TPSA) is 66.0 Å². The molecule has 0 aliphatic heterocycles. The average molecular weight is 168 g/mol. The van der Waals surface area contributed by atoms with Crippen molar-refractivity contribution in [1.29, 1.82) is 10.5 Å². The highest BCUT2D eigenvalue weighted by Crippen LogP contribution is 2.06. The number of nitrogens with zero attached hydrogens (tertiary/aromatic N) is 2. The molecule has 0 unspecified atom stereocenters. The third-order valence-corrected chi connectivity index (χ3v) is 1.41. The molecule has 0 bridgehead atoms. The first-order valence-corrected chi connectivity index (χ1v) is 3.94. The molecular formula is C8H12N2O2. The Morgan fingerprint density at radius 1 is 1.17 bits per heavy atom. The smallest absolute Gasteiger partial charge is 0.289 e. The Bertz CT molecular complexity index is 164. The van der Waals surface area contributed by atoms with Crippen molar-refractivity contribution in [2.75, 3.05) is 0 Å². The fourth-order valence-electron chi connectivity index (χ4n) is 0.820. The minimum Gasteiger partial charge on any atom is -0.384 e. The molecule has 0 spiro atoms. The van der Waals surface area contributed by atoms with Crippen LogP contribution in [0.4, 0.5) is 0 Å². The van der Waals surface area contributed by atoms with Gasteiger partial charge in [0.2, 0.25) is 0 Å². The summed E-state index contributed by atoms with van der Waals surface area (Å²) in [5, 5.41) is 16.3. The van der Waals surface area contributed by atoms with Gasteiger partial charge in [-0.2, -0.15) is 10.5 Å². The first-order chi connectivity index (χ1) is 5.85. The quantitative estimate of drug-likeness (QED) is 0.345. The van der Waals surface area contributed by atoms with E-state index >= 15 is 0 Å². The fourth-order valence-corrected chi connectivity index (χ4v) is 0.820. The molecular weight excluding hydrogens is 156 g/mol. The monoisotopic (exact) mass is 168 g/mol. The SMILES string of the molecule is CCCCCC(OC#N)OC#N. The molecule has 66 valence electrons. The zero-order valence-corrected chi connectivity index (χ0v) is 7.12. The van der Waals surface area contributed by atoms with Crippen molar-refractivity contribution >= 4 is 0 Å². The predicted molar refractivity (Wildman–Crippen MR) is 41.3 cm³/mol. The lowest BCUT2D eigenvalue weighted by atomic mass is 10.2. The second-order valence-electron chi connectivity index (χ2n) is 2.34. The number of nitriles is 2. The highest BCUT2D eigenvalue weighted by Gasteiger charge is 2.08. The lowest BCUT2D eigenvalue weighted by Crippen LogP contribution is -2.11. The Hall–Kier alpha value is -1.42. The van der Waals surface area contributed by atoms with Crippen LogP contribution in [0.25, 0.3) is 0 Å². The zero-order chi connectivity index (χ0) is 9.23. The van der Waals surface area contributed by atoms with Gasteiger partial charge < -0.3 is 9.47 Å². The maximum Gasteiger partial charge on any atom is 0.289 e. The molecule has 0 radical (unpaired) electrons. The number of unbranched alkanes of at least 4 members (excludes halogenated alkanes) is 2. The molecule has 0 N–H and O–H groups in total. The maximum atomic E-state index is 8.16. The van der Waals surface area contributed by atoms with Crippen molar-refractivity contribution in [3.05, 3.63) is 0 Å². The summed E-state index contributed by atoms with van der Waals surface area (Å²) < 4.78 is 8.98. The van der Waals surface area contributed by atoms with E-state index in [9.17, 15) is 0 Å². The minimum atomic E-state index is -0.688. The molecule has 0 saturated heterocycles. The molecule has 0 aliphatic rings. The van der Waals surface area contributed by atoms with Gasteiger partial charge in [0.1, 0.15) is 0 Å². The van der Waals surface area contributed by atoms with E-state index in [-0.39, 0.29) is 0 Å². The molecule has 0 amide bonds. The Labute approximate surface area is 72.3 Å². The molecule has 0 aliphatic carbocycles. The van der Waals surface area contributed by atoms with E-state index < -0.39 is 6.29 Å². The maximum absolute atomic E-state index is 8.16. The second-order valence-corrected chi connectivity index (χ2v) is 2.34. The van der Waals surface area contributed by atoms with Crippen molar-refractivity contribution in [2.24, 2.45) is 0 Å². The molecule has 4 heteroatoms. The van der Waals surface area contributed by atoms with Gasteiger partial charge in [-0.3, -0.25) is 0 Å². The molecule has 12 heavy (non-hydrogen) atoms. The van der Waals surface area contributed by atoms with Crippen LogP contribution >= 0.6 is 0 Å². The van der Waals surface area contributed by atoms with E-state index in [0.717, 1.165) is 19.3 Å². The Morgan fingerprint density at radius 3 is 2.17 bits per heavy atom. The van der Waals surface area contributed by atoms with E-state index in [1.54, 1.807) is 0 Å². The first kappa shape index (κ1) is 10.6. The van der Waals surface area contributed by atoms with Crippen LogP contribution in [0.2, 0.25) is 0 Å². The normalized spacial score (nSPS) is 8.67. The second kappa shape index (κ2) is 7.68. The molecule has 0 aromatic rings. The van der Waals surface area contributed by atoms with E-state index in [2.05, 4.69) is 16.4 Å². The van der Waals surface area contributed by atoms with Crippen molar-refractivity contribution in [1.82, 2.24) is 0 Å². The van der Waals surface area contributed by atoms with E-state index in [4.69, 9.17) is 10.5 Å². The van der Waals surface area contributed by atoms with Crippen molar-refractivity contribution < 1.29 is 9.47 Å². The third kappa shape index (κ3) is 5.37. The summed E-state index contributed by atoms with van der Waals surface area (Å²) in [5.74, 6) is 0. The fraction of sp³-hybridized carbons (Fsp3) is 0.750. The summed E-state index contributed by atoms with van der Waals surface area (Å²) in [6, 6.07) is 0. The lowest BCUT2D eigenvalue weighted by molar-refractivity contribution is -0.0501. The molecule has 0 aromatic heterocycles. The zero-order valence-electron chi connectivity index (χ0n) is 7.12. The van der Waals surface area contributed by atoms with Gasteiger partial charge in [0.05, 0.1) is 0 Å². The number of hydrogen-bond acceptors (Lipinski definition) is 4. The van der Waals surface area contributed by atoms with Gasteiger partial charge in [-0.25, -0.2) is 0 Å². The standard InChI is InChI=1S/C8H12N2O2/c1-2-3-4-5-8(11-6-9)12-7-10/h8H,2-5H2,1H3. The van der Waals surface area contributed by atoms with Crippen LogP contribution < -0.4 is 0 Å². The molecule has 4 nitrogen and oxygen atoms in total. The molecule has 0 atom stereocenters. The Morgan fingerprint density at radius 2 is 1.75 bits per heavy atom. The highest BCUT2D eigenvalue weighted by molar-refractivity contribution is 4.59. The third-order valence-electron chi connectivity index (χ3n) is 1.41. The Balaban J connectivity index is 3.51.